The molecule has 0 radical (unpaired) electrons. The van der Waals surface area contributed by atoms with Gasteiger partial charge in [0.15, 0.2) is 5.78 Å². The van der Waals surface area contributed by atoms with E-state index in [2.05, 4.69) is 5.10 Å². The number of nitrogens with zero attached hydrogens (tertiary/aromatic N) is 2. The molecular formula is C11H14F2N2O. The maximum Gasteiger partial charge on any atom is 0.289 e. The second-order valence-electron chi connectivity index (χ2n) is 4.52. The molecule has 1 aliphatic rings. The van der Waals surface area contributed by atoms with Gasteiger partial charge in [-0.2, -0.15) is 13.9 Å². The van der Waals surface area contributed by atoms with Gasteiger partial charge in [-0.3, -0.25) is 9.48 Å². The molecule has 1 aromatic rings. The summed E-state index contributed by atoms with van der Waals surface area (Å²) in [4.78, 5) is 11.6. The smallest absolute Gasteiger partial charge is 0.289 e. The van der Waals surface area contributed by atoms with E-state index < -0.39 is 5.92 Å². The summed E-state index contributed by atoms with van der Waals surface area (Å²) in [6, 6.07) is -0.00394. The quantitative estimate of drug-likeness (QED) is 0.780. The summed E-state index contributed by atoms with van der Waals surface area (Å²) in [6.45, 7) is 4.52. The Kier molecular flexibility index (Phi) is 2.36. The number of alkyl halides is 2. The van der Waals surface area contributed by atoms with Gasteiger partial charge < -0.3 is 0 Å². The first-order valence-corrected chi connectivity index (χ1v) is 5.35. The van der Waals surface area contributed by atoms with Crippen LogP contribution in [0.4, 0.5) is 8.78 Å². The molecule has 5 heteroatoms. The number of fused-ring (bicyclic) bond motifs is 1. The molecule has 0 aromatic carbocycles. The molecule has 0 spiro atoms. The first kappa shape index (κ1) is 11.2. The first-order chi connectivity index (χ1) is 7.32. The van der Waals surface area contributed by atoms with Crippen molar-refractivity contribution in [3.05, 3.63) is 17.0 Å². The summed E-state index contributed by atoms with van der Waals surface area (Å²) in [5.74, 6) is -3.26. The molecule has 1 aromatic heterocycles. The van der Waals surface area contributed by atoms with Crippen molar-refractivity contribution in [3.63, 3.8) is 0 Å². The molecule has 0 saturated heterocycles. The Morgan fingerprint density at radius 3 is 2.50 bits per heavy atom. The normalized spacial score (nSPS) is 16.0. The number of Topliss-reactive ketones (excluding diaryl/α,β-unsaturated/α-hetero) is 1. The van der Waals surface area contributed by atoms with E-state index in [4.69, 9.17) is 0 Å². The van der Waals surface area contributed by atoms with E-state index in [1.807, 2.05) is 13.8 Å². The third-order valence-electron chi connectivity index (χ3n) is 2.78. The number of aromatic nitrogens is 2. The third kappa shape index (κ3) is 1.54. The Morgan fingerprint density at radius 2 is 2.00 bits per heavy atom. The van der Waals surface area contributed by atoms with Crippen LogP contribution in [-0.2, 0) is 12.3 Å². The van der Waals surface area contributed by atoms with E-state index in [1.165, 1.54) is 0 Å². The van der Waals surface area contributed by atoms with Crippen LogP contribution in [0, 0.1) is 0 Å². The van der Waals surface area contributed by atoms with E-state index in [-0.39, 0.29) is 23.1 Å². The zero-order valence-corrected chi connectivity index (χ0v) is 9.55. The average Bonchev–Trinajstić information content (AvgIpc) is 2.65. The Morgan fingerprint density at radius 1 is 1.38 bits per heavy atom. The van der Waals surface area contributed by atoms with Crippen LogP contribution < -0.4 is 0 Å². The van der Waals surface area contributed by atoms with Crippen molar-refractivity contribution in [2.24, 2.45) is 0 Å². The molecule has 88 valence electrons. The number of carbonyl (C=O) groups is 1. The van der Waals surface area contributed by atoms with E-state index in [0.29, 0.717) is 18.5 Å². The molecule has 1 aliphatic carbocycles. The van der Waals surface area contributed by atoms with Gasteiger partial charge in [0.2, 0.25) is 0 Å². The molecule has 3 nitrogen and oxygen atoms in total. The minimum Gasteiger partial charge on any atom is -0.294 e. The molecule has 0 unspecified atom stereocenters. The van der Waals surface area contributed by atoms with Gasteiger partial charge in [-0.05, 0) is 20.3 Å². The molecule has 0 atom stereocenters. The molecule has 0 aliphatic heterocycles. The van der Waals surface area contributed by atoms with Gasteiger partial charge in [-0.25, -0.2) is 0 Å². The van der Waals surface area contributed by atoms with Crippen LogP contribution in [0.15, 0.2) is 0 Å². The number of hydrogen-bond acceptors (Lipinski definition) is 2. The standard InChI is InChI=1S/C11H14F2N2O/c1-6(2)15-7-4-5-8(16)9(7)10(14-15)11(3,12)13/h6H,4-5H2,1-3H3. The largest absolute Gasteiger partial charge is 0.294 e. The molecule has 0 amide bonds. The highest BCUT2D eigenvalue weighted by molar-refractivity contribution is 6.01. The predicted molar refractivity (Wildman–Crippen MR) is 54.8 cm³/mol. The molecule has 2 rings (SSSR count). The number of halogens is 2. The lowest BCUT2D eigenvalue weighted by Gasteiger charge is -2.10. The second-order valence-corrected chi connectivity index (χ2v) is 4.52. The van der Waals surface area contributed by atoms with Crippen LogP contribution >= 0.6 is 0 Å². The fourth-order valence-corrected chi connectivity index (χ4v) is 2.09. The molecule has 0 bridgehead atoms. The summed E-state index contributed by atoms with van der Waals surface area (Å²) in [5.41, 5.74) is 0.455. The fraction of sp³-hybridized carbons (Fsp3) is 0.636. The average molecular weight is 228 g/mol. The lowest BCUT2D eigenvalue weighted by atomic mass is 10.1. The van der Waals surface area contributed by atoms with Gasteiger partial charge in [0.05, 0.1) is 11.3 Å². The summed E-state index contributed by atoms with van der Waals surface area (Å²) >= 11 is 0. The van der Waals surface area contributed by atoms with Crippen LogP contribution in [0.25, 0.3) is 0 Å². The van der Waals surface area contributed by atoms with Crippen LogP contribution in [0.3, 0.4) is 0 Å². The van der Waals surface area contributed by atoms with Gasteiger partial charge in [-0.1, -0.05) is 0 Å². The number of rotatable bonds is 2. The van der Waals surface area contributed by atoms with E-state index in [1.54, 1.807) is 4.68 Å². The third-order valence-corrected chi connectivity index (χ3v) is 2.78. The predicted octanol–water partition coefficient (Wildman–Crippen LogP) is 2.70. The van der Waals surface area contributed by atoms with Gasteiger partial charge >= 0.3 is 0 Å². The van der Waals surface area contributed by atoms with Crippen LogP contribution in [0.5, 0.6) is 0 Å². The maximum absolute atomic E-state index is 13.3. The second kappa shape index (κ2) is 3.37. The van der Waals surface area contributed by atoms with Crippen molar-refractivity contribution < 1.29 is 13.6 Å². The van der Waals surface area contributed by atoms with Crippen molar-refractivity contribution in [1.82, 2.24) is 9.78 Å². The molecular weight excluding hydrogens is 214 g/mol. The van der Waals surface area contributed by atoms with Crippen molar-refractivity contribution in [2.45, 2.75) is 45.6 Å². The Hall–Kier alpha value is -1.26. The van der Waals surface area contributed by atoms with Crippen molar-refractivity contribution in [2.75, 3.05) is 0 Å². The van der Waals surface area contributed by atoms with Crippen molar-refractivity contribution >= 4 is 5.78 Å². The molecule has 1 heterocycles. The zero-order chi connectivity index (χ0) is 12.1. The maximum atomic E-state index is 13.3. The van der Waals surface area contributed by atoms with Crippen LogP contribution in [0.2, 0.25) is 0 Å². The summed E-state index contributed by atoms with van der Waals surface area (Å²) < 4.78 is 28.2. The number of ketones is 1. The lowest BCUT2D eigenvalue weighted by molar-refractivity contribution is 0.0110. The minimum absolute atomic E-state index is 0.00394. The zero-order valence-electron chi connectivity index (χ0n) is 9.55. The van der Waals surface area contributed by atoms with Crippen molar-refractivity contribution in [3.8, 4) is 0 Å². The Bertz CT molecular complexity index is 444. The highest BCUT2D eigenvalue weighted by Gasteiger charge is 2.39. The summed E-state index contributed by atoms with van der Waals surface area (Å²) in [6.07, 6.45) is 0.846. The minimum atomic E-state index is -3.05. The summed E-state index contributed by atoms with van der Waals surface area (Å²) in [5, 5.41) is 3.90. The summed E-state index contributed by atoms with van der Waals surface area (Å²) in [7, 11) is 0. The number of hydrogen-bond donors (Lipinski definition) is 0. The van der Waals surface area contributed by atoms with Crippen LogP contribution in [-0.4, -0.2) is 15.6 Å². The first-order valence-electron chi connectivity index (χ1n) is 5.35. The SMILES string of the molecule is CC(C)n1nc(C(C)(F)F)c2c1CCC2=O. The topological polar surface area (TPSA) is 34.9 Å². The van der Waals surface area contributed by atoms with E-state index in [9.17, 15) is 13.6 Å². The molecule has 0 N–H and O–H groups in total. The van der Waals surface area contributed by atoms with Gasteiger partial charge in [0.25, 0.3) is 5.92 Å². The Balaban J connectivity index is 2.64. The molecule has 0 saturated carbocycles. The van der Waals surface area contributed by atoms with Gasteiger partial charge in [0.1, 0.15) is 5.69 Å². The van der Waals surface area contributed by atoms with Gasteiger partial charge in [-0.15, -0.1) is 0 Å². The lowest BCUT2D eigenvalue weighted by Crippen LogP contribution is -2.14. The molecule has 16 heavy (non-hydrogen) atoms. The molecule has 0 fully saturated rings. The monoisotopic (exact) mass is 228 g/mol. The van der Waals surface area contributed by atoms with E-state index >= 15 is 0 Å². The van der Waals surface area contributed by atoms with Crippen LogP contribution in [0.1, 0.15) is 55.0 Å². The number of carbonyl (C=O) groups excluding carboxylic acids is 1. The van der Waals surface area contributed by atoms with Gasteiger partial charge in [0, 0.05) is 19.4 Å². The highest BCUT2D eigenvalue weighted by atomic mass is 19.3. The Labute approximate surface area is 92.4 Å². The fourth-order valence-electron chi connectivity index (χ4n) is 2.09. The van der Waals surface area contributed by atoms with E-state index in [0.717, 1.165) is 6.92 Å². The van der Waals surface area contributed by atoms with Crippen molar-refractivity contribution in [1.29, 1.82) is 0 Å². The highest BCUT2D eigenvalue weighted by Crippen LogP contribution is 2.36.